The van der Waals surface area contributed by atoms with Gasteiger partial charge in [0.1, 0.15) is 6.10 Å². The summed E-state index contributed by atoms with van der Waals surface area (Å²) in [5, 5.41) is 24.4. The number of amides is 2. The first-order chi connectivity index (χ1) is 16.7. The summed E-state index contributed by atoms with van der Waals surface area (Å²) in [6.45, 7) is 8.25. The number of nitrogens with one attached hydrogen (secondary N) is 1. The fraction of sp³-hybridized carbons (Fsp3) is 0.704. The van der Waals surface area contributed by atoms with Gasteiger partial charge in [-0.2, -0.15) is 0 Å². The fourth-order valence-corrected chi connectivity index (χ4v) is 6.82. The van der Waals surface area contributed by atoms with Crippen molar-refractivity contribution >= 4 is 17.7 Å². The molecule has 6 atom stereocenters. The molecule has 1 aliphatic heterocycles. The zero-order chi connectivity index (χ0) is 25.2. The lowest BCUT2D eigenvalue weighted by atomic mass is 9.46. The van der Waals surface area contributed by atoms with E-state index in [0.717, 1.165) is 12.0 Å². The summed E-state index contributed by atoms with van der Waals surface area (Å²) in [5.41, 5.74) is 0.751. The van der Waals surface area contributed by atoms with Crippen molar-refractivity contribution in [3.8, 4) is 0 Å². The van der Waals surface area contributed by atoms with E-state index >= 15 is 0 Å². The first-order valence-corrected chi connectivity index (χ1v) is 12.9. The lowest BCUT2D eigenvalue weighted by Gasteiger charge is -2.60. The van der Waals surface area contributed by atoms with Gasteiger partial charge in [-0.05, 0) is 62.0 Å². The lowest BCUT2D eigenvalue weighted by Crippen LogP contribution is -2.61. The van der Waals surface area contributed by atoms with Crippen LogP contribution in [0.4, 0.5) is 10.5 Å². The van der Waals surface area contributed by atoms with Gasteiger partial charge >= 0.3 is 6.09 Å². The molecular weight excluding hydrogens is 448 g/mol. The van der Waals surface area contributed by atoms with E-state index in [0.29, 0.717) is 51.3 Å². The van der Waals surface area contributed by atoms with E-state index in [9.17, 15) is 19.8 Å². The second-order valence-corrected chi connectivity index (χ2v) is 11.1. The normalized spacial score (nSPS) is 35.2. The average Bonchev–Trinajstić information content (AvgIpc) is 2.85. The van der Waals surface area contributed by atoms with E-state index in [-0.39, 0.29) is 36.2 Å². The number of anilines is 1. The van der Waals surface area contributed by atoms with Crippen molar-refractivity contribution in [2.24, 2.45) is 22.7 Å². The van der Waals surface area contributed by atoms with Crippen LogP contribution >= 0.6 is 0 Å². The van der Waals surface area contributed by atoms with Crippen LogP contribution in [-0.4, -0.2) is 72.2 Å². The van der Waals surface area contributed by atoms with Gasteiger partial charge in [-0.15, -0.1) is 0 Å². The van der Waals surface area contributed by atoms with Crippen LogP contribution < -0.4 is 5.32 Å². The van der Waals surface area contributed by atoms with Gasteiger partial charge in [0, 0.05) is 30.6 Å². The number of morpholine rings is 1. The van der Waals surface area contributed by atoms with Crippen molar-refractivity contribution in [3.63, 3.8) is 0 Å². The minimum absolute atomic E-state index is 0.0109. The maximum Gasteiger partial charge on any atom is 0.411 e. The predicted molar refractivity (Wildman–Crippen MR) is 132 cm³/mol. The highest BCUT2D eigenvalue weighted by Crippen LogP contribution is 2.61. The molecular formula is C27H40N2O6. The number of aliphatic hydroxyl groups is 2. The van der Waals surface area contributed by atoms with Crippen molar-refractivity contribution in [2.75, 3.05) is 38.2 Å². The number of hydrogen-bond donors (Lipinski definition) is 3. The van der Waals surface area contributed by atoms with E-state index < -0.39 is 23.7 Å². The first kappa shape index (κ1) is 25.9. The number of hydrogen-bond acceptors (Lipinski definition) is 6. The van der Waals surface area contributed by atoms with Gasteiger partial charge in [0.15, 0.2) is 0 Å². The van der Waals surface area contributed by atoms with Gasteiger partial charge in [0.25, 0.3) is 0 Å². The molecule has 194 valence electrons. The number of nitrogens with zero attached hydrogens (tertiary/aromatic N) is 1. The minimum Gasteiger partial charge on any atom is -0.445 e. The molecule has 3 fully saturated rings. The van der Waals surface area contributed by atoms with Crippen LogP contribution in [0.2, 0.25) is 0 Å². The summed E-state index contributed by atoms with van der Waals surface area (Å²) in [5.74, 6) is -0.137. The Labute approximate surface area is 208 Å². The van der Waals surface area contributed by atoms with Crippen LogP contribution in [0.5, 0.6) is 0 Å². The highest BCUT2D eigenvalue weighted by atomic mass is 16.6. The SMILES string of the molecule is Cc1ccc(NC(=O)O[C@H]2CC[C@@]3(C)[C@@H](CC[C@@H](O)[C@H]3CC(=O)N3CCOCC3)[C@]2(C)CO)cc1. The third-order valence-electron chi connectivity index (χ3n) is 8.98. The molecule has 1 aromatic carbocycles. The molecule has 2 saturated carbocycles. The smallest absolute Gasteiger partial charge is 0.411 e. The predicted octanol–water partition coefficient (Wildman–Crippen LogP) is 3.35. The summed E-state index contributed by atoms with van der Waals surface area (Å²) in [7, 11) is 0. The van der Waals surface area contributed by atoms with Gasteiger partial charge in [0.2, 0.25) is 5.91 Å². The molecule has 8 nitrogen and oxygen atoms in total. The second kappa shape index (κ2) is 10.4. The van der Waals surface area contributed by atoms with Gasteiger partial charge in [-0.25, -0.2) is 4.79 Å². The summed E-state index contributed by atoms with van der Waals surface area (Å²) in [4.78, 5) is 27.7. The van der Waals surface area contributed by atoms with Gasteiger partial charge < -0.3 is 24.6 Å². The summed E-state index contributed by atoms with van der Waals surface area (Å²) in [6, 6.07) is 7.51. The topological polar surface area (TPSA) is 108 Å². The molecule has 1 heterocycles. The molecule has 0 radical (unpaired) electrons. The van der Waals surface area contributed by atoms with Crippen LogP contribution in [0, 0.1) is 29.6 Å². The Balaban J connectivity index is 1.48. The second-order valence-electron chi connectivity index (χ2n) is 11.1. The molecule has 35 heavy (non-hydrogen) atoms. The molecule has 0 spiro atoms. The van der Waals surface area contributed by atoms with Crippen LogP contribution in [0.3, 0.4) is 0 Å². The Morgan fingerprint density at radius 1 is 1.14 bits per heavy atom. The fourth-order valence-electron chi connectivity index (χ4n) is 6.82. The summed E-state index contributed by atoms with van der Waals surface area (Å²) in [6.07, 6.45) is 1.31. The Morgan fingerprint density at radius 3 is 2.49 bits per heavy atom. The molecule has 2 aliphatic carbocycles. The quantitative estimate of drug-likeness (QED) is 0.587. The maximum absolute atomic E-state index is 13.1. The minimum atomic E-state index is -0.669. The van der Waals surface area contributed by atoms with Gasteiger partial charge in [0.05, 0.1) is 25.9 Å². The number of aliphatic hydroxyl groups excluding tert-OH is 2. The number of rotatable bonds is 5. The number of carbonyl (C=O) groups is 2. The van der Waals surface area contributed by atoms with E-state index in [1.54, 1.807) is 0 Å². The average molecular weight is 489 g/mol. The molecule has 4 rings (SSSR count). The van der Waals surface area contributed by atoms with Crippen molar-refractivity contribution < 1.29 is 29.3 Å². The molecule has 3 aliphatic rings. The number of benzene rings is 1. The Morgan fingerprint density at radius 2 is 1.83 bits per heavy atom. The number of aryl methyl sites for hydroxylation is 1. The van der Waals surface area contributed by atoms with Gasteiger partial charge in [-0.1, -0.05) is 31.5 Å². The molecule has 0 unspecified atom stereocenters. The zero-order valence-corrected chi connectivity index (χ0v) is 21.2. The maximum atomic E-state index is 13.1. The van der Waals surface area contributed by atoms with Crippen molar-refractivity contribution in [2.45, 2.75) is 65.1 Å². The van der Waals surface area contributed by atoms with Crippen molar-refractivity contribution in [3.05, 3.63) is 29.8 Å². The third-order valence-corrected chi connectivity index (χ3v) is 8.98. The molecule has 3 N–H and O–H groups in total. The van der Waals surface area contributed by atoms with Gasteiger partial charge in [-0.3, -0.25) is 10.1 Å². The number of carbonyl (C=O) groups excluding carboxylic acids is 2. The molecule has 1 aromatic rings. The number of fused-ring (bicyclic) bond motifs is 1. The van der Waals surface area contributed by atoms with E-state index in [4.69, 9.17) is 9.47 Å². The largest absolute Gasteiger partial charge is 0.445 e. The number of ether oxygens (including phenoxy) is 2. The first-order valence-electron chi connectivity index (χ1n) is 12.9. The molecule has 0 aromatic heterocycles. The van der Waals surface area contributed by atoms with E-state index in [2.05, 4.69) is 12.2 Å². The zero-order valence-electron chi connectivity index (χ0n) is 21.2. The molecule has 8 heteroatoms. The van der Waals surface area contributed by atoms with Crippen LogP contribution in [0.15, 0.2) is 24.3 Å². The molecule has 2 amide bonds. The third kappa shape index (κ3) is 5.20. The summed E-state index contributed by atoms with van der Waals surface area (Å²) < 4.78 is 11.3. The standard InChI is InChI=1S/C27H40N2O6/c1-18-4-6-19(7-5-18)28-25(33)35-23-10-11-26(2)20(16-24(32)29-12-14-34-15-13-29)21(31)8-9-22(26)27(23,3)17-30/h4-7,20-23,30-31H,8-17H2,1-3H3,(H,28,33)/t20-,21-,22-,23+,26-,27+/m1/s1. The Bertz CT molecular complexity index is 901. The van der Waals surface area contributed by atoms with Crippen LogP contribution in [-0.2, 0) is 14.3 Å². The molecule has 1 saturated heterocycles. The Kier molecular flexibility index (Phi) is 7.74. The van der Waals surface area contributed by atoms with Crippen molar-refractivity contribution in [1.29, 1.82) is 0 Å². The monoisotopic (exact) mass is 488 g/mol. The van der Waals surface area contributed by atoms with E-state index in [1.807, 2.05) is 43.0 Å². The highest BCUT2D eigenvalue weighted by Gasteiger charge is 2.60. The van der Waals surface area contributed by atoms with E-state index in [1.165, 1.54) is 0 Å². The summed E-state index contributed by atoms with van der Waals surface area (Å²) >= 11 is 0. The lowest BCUT2D eigenvalue weighted by molar-refractivity contribution is -0.187. The Hall–Kier alpha value is -2.16. The van der Waals surface area contributed by atoms with Crippen LogP contribution in [0.1, 0.15) is 51.5 Å². The van der Waals surface area contributed by atoms with Crippen LogP contribution in [0.25, 0.3) is 0 Å². The molecule has 0 bridgehead atoms. The highest BCUT2D eigenvalue weighted by molar-refractivity contribution is 5.84. The van der Waals surface area contributed by atoms with Crippen molar-refractivity contribution in [1.82, 2.24) is 4.90 Å².